The van der Waals surface area contributed by atoms with Gasteiger partial charge >= 0.3 is 6.03 Å². The van der Waals surface area contributed by atoms with Gasteiger partial charge in [-0.15, -0.1) is 0 Å². The van der Waals surface area contributed by atoms with Crippen molar-refractivity contribution in [3.63, 3.8) is 0 Å². The van der Waals surface area contributed by atoms with Crippen LogP contribution in [0.2, 0.25) is 5.02 Å². The topological polar surface area (TPSA) is 70.6 Å². The third kappa shape index (κ3) is 5.26. The number of anilines is 2. The van der Waals surface area contributed by atoms with Crippen LogP contribution < -0.4 is 15.0 Å². The number of rotatable bonds is 5. The summed E-state index contributed by atoms with van der Waals surface area (Å²) in [6.45, 7) is 4.09. The molecule has 1 aliphatic rings. The Balaban J connectivity index is 1.35. The zero-order valence-corrected chi connectivity index (χ0v) is 19.0. The summed E-state index contributed by atoms with van der Waals surface area (Å²) in [5, 5.41) is 4.47. The van der Waals surface area contributed by atoms with Crippen molar-refractivity contribution in [2.45, 2.75) is 19.4 Å². The van der Waals surface area contributed by atoms with Crippen molar-refractivity contribution >= 4 is 40.0 Å². The monoisotopic (exact) mass is 457 g/mol. The predicted molar refractivity (Wildman–Crippen MR) is 125 cm³/mol. The lowest BCUT2D eigenvalue weighted by Gasteiger charge is -2.39. The normalized spacial score (nSPS) is 16.3. The van der Waals surface area contributed by atoms with Crippen molar-refractivity contribution in [3.05, 3.63) is 64.9 Å². The van der Waals surface area contributed by atoms with Gasteiger partial charge in [0.2, 0.25) is 5.13 Å². The second-order valence-electron chi connectivity index (χ2n) is 7.45. The number of halogens is 1. The van der Waals surface area contributed by atoms with Crippen molar-refractivity contribution in [2.75, 3.05) is 37.0 Å². The second-order valence-corrected chi connectivity index (χ2v) is 8.61. The minimum absolute atomic E-state index is 0.0479. The molecule has 2 amide bonds. The first kappa shape index (κ1) is 21.4. The van der Waals surface area contributed by atoms with E-state index in [0.29, 0.717) is 31.1 Å². The quantitative estimate of drug-likeness (QED) is 0.609. The van der Waals surface area contributed by atoms with Crippen molar-refractivity contribution in [3.8, 4) is 5.75 Å². The standard InChI is InChI=1S/C22H24ClN5O2S/c1-15-14-27(10-11-28(15)21(29)24-18-8-6-17(23)7-9-18)22-25-20(26-31-22)13-16-4-3-5-19(12-16)30-2/h3-9,12,15H,10-11,13-14H2,1-2H3,(H,24,29). The van der Waals surface area contributed by atoms with E-state index in [1.165, 1.54) is 11.5 Å². The molecule has 4 rings (SSSR count). The van der Waals surface area contributed by atoms with Crippen molar-refractivity contribution in [1.29, 1.82) is 0 Å². The third-order valence-corrected chi connectivity index (χ3v) is 6.27. The third-order valence-electron chi connectivity index (χ3n) is 5.21. The summed E-state index contributed by atoms with van der Waals surface area (Å²) in [5.74, 6) is 1.62. The fraction of sp³-hybridized carbons (Fsp3) is 0.318. The van der Waals surface area contributed by atoms with Crippen LogP contribution in [0.4, 0.5) is 15.6 Å². The van der Waals surface area contributed by atoms with Gasteiger partial charge < -0.3 is 19.9 Å². The number of benzene rings is 2. The van der Waals surface area contributed by atoms with Crippen LogP contribution in [0.1, 0.15) is 18.3 Å². The molecule has 1 N–H and O–H groups in total. The van der Waals surface area contributed by atoms with Gasteiger partial charge in [-0.05, 0) is 48.9 Å². The Morgan fingerprint density at radius 2 is 2.06 bits per heavy atom. The number of nitrogens with one attached hydrogen (secondary N) is 1. The number of carbonyl (C=O) groups is 1. The zero-order valence-electron chi connectivity index (χ0n) is 17.4. The molecule has 7 nitrogen and oxygen atoms in total. The molecule has 1 aromatic heterocycles. The Bertz CT molecular complexity index is 1040. The molecule has 0 bridgehead atoms. The number of amides is 2. The minimum atomic E-state index is -0.106. The van der Waals surface area contributed by atoms with Crippen molar-refractivity contribution in [1.82, 2.24) is 14.3 Å². The lowest BCUT2D eigenvalue weighted by molar-refractivity contribution is 0.185. The van der Waals surface area contributed by atoms with E-state index in [1.54, 1.807) is 31.4 Å². The van der Waals surface area contributed by atoms with Crippen LogP contribution in [0, 0.1) is 0 Å². The summed E-state index contributed by atoms with van der Waals surface area (Å²) < 4.78 is 9.82. The van der Waals surface area contributed by atoms with E-state index in [1.807, 2.05) is 36.1 Å². The van der Waals surface area contributed by atoms with Crippen LogP contribution in [-0.4, -0.2) is 53.1 Å². The first-order valence-corrected chi connectivity index (χ1v) is 11.2. The molecule has 31 heavy (non-hydrogen) atoms. The highest BCUT2D eigenvalue weighted by atomic mass is 35.5. The summed E-state index contributed by atoms with van der Waals surface area (Å²) in [4.78, 5) is 21.5. The van der Waals surface area contributed by atoms with Crippen LogP contribution in [-0.2, 0) is 6.42 Å². The van der Waals surface area contributed by atoms with Crippen molar-refractivity contribution < 1.29 is 9.53 Å². The number of hydrogen-bond donors (Lipinski definition) is 1. The second kappa shape index (κ2) is 9.53. The largest absolute Gasteiger partial charge is 0.497 e. The van der Waals surface area contributed by atoms with Crippen LogP contribution in [0.5, 0.6) is 5.75 Å². The van der Waals surface area contributed by atoms with Gasteiger partial charge in [-0.2, -0.15) is 4.37 Å². The van der Waals surface area contributed by atoms with Gasteiger partial charge in [-0.1, -0.05) is 23.7 Å². The number of ether oxygens (including phenoxy) is 1. The smallest absolute Gasteiger partial charge is 0.322 e. The summed E-state index contributed by atoms with van der Waals surface area (Å²) in [6.07, 6.45) is 0.659. The average molecular weight is 458 g/mol. The molecule has 1 atom stereocenters. The van der Waals surface area contributed by atoms with E-state index in [9.17, 15) is 4.79 Å². The lowest BCUT2D eigenvalue weighted by Crippen LogP contribution is -2.55. The fourth-order valence-electron chi connectivity index (χ4n) is 3.57. The molecule has 2 heterocycles. The van der Waals surface area contributed by atoms with E-state index in [4.69, 9.17) is 21.3 Å². The Morgan fingerprint density at radius 3 is 2.81 bits per heavy atom. The maximum absolute atomic E-state index is 12.7. The maximum Gasteiger partial charge on any atom is 0.322 e. The fourth-order valence-corrected chi connectivity index (χ4v) is 4.42. The number of aromatic nitrogens is 2. The molecular formula is C22H24ClN5O2S. The zero-order chi connectivity index (χ0) is 21.8. The van der Waals surface area contributed by atoms with Gasteiger partial charge in [0, 0.05) is 54.3 Å². The molecule has 0 spiro atoms. The molecule has 9 heteroatoms. The highest BCUT2D eigenvalue weighted by Crippen LogP contribution is 2.24. The number of piperazine rings is 1. The Hall–Kier alpha value is -2.84. The summed E-state index contributed by atoms with van der Waals surface area (Å²) in [6, 6.07) is 15.0. The minimum Gasteiger partial charge on any atom is -0.497 e. The van der Waals surface area contributed by atoms with Crippen LogP contribution in [0.3, 0.4) is 0 Å². The highest BCUT2D eigenvalue weighted by molar-refractivity contribution is 7.09. The summed E-state index contributed by atoms with van der Waals surface area (Å²) in [5.41, 5.74) is 1.84. The molecule has 1 saturated heterocycles. The molecule has 162 valence electrons. The van der Waals surface area contributed by atoms with Gasteiger partial charge in [0.05, 0.1) is 7.11 Å². The van der Waals surface area contributed by atoms with Gasteiger partial charge in [0.1, 0.15) is 11.6 Å². The first-order chi connectivity index (χ1) is 15.0. The first-order valence-electron chi connectivity index (χ1n) is 10.1. The average Bonchev–Trinajstić information content (AvgIpc) is 3.23. The summed E-state index contributed by atoms with van der Waals surface area (Å²) >= 11 is 7.31. The van der Waals surface area contributed by atoms with E-state index >= 15 is 0 Å². The Morgan fingerprint density at radius 1 is 1.26 bits per heavy atom. The number of urea groups is 1. The van der Waals surface area contributed by atoms with Gasteiger partial charge in [0.25, 0.3) is 0 Å². The van der Waals surface area contributed by atoms with Crippen LogP contribution in [0.15, 0.2) is 48.5 Å². The van der Waals surface area contributed by atoms with Crippen LogP contribution in [0.25, 0.3) is 0 Å². The lowest BCUT2D eigenvalue weighted by atomic mass is 10.1. The maximum atomic E-state index is 12.7. The molecule has 0 radical (unpaired) electrons. The molecule has 1 fully saturated rings. The van der Waals surface area contributed by atoms with E-state index in [0.717, 1.165) is 28.0 Å². The Labute approximate surface area is 190 Å². The van der Waals surface area contributed by atoms with E-state index in [2.05, 4.69) is 14.6 Å². The summed E-state index contributed by atoms with van der Waals surface area (Å²) in [7, 11) is 1.66. The number of nitrogens with zero attached hydrogens (tertiary/aromatic N) is 4. The van der Waals surface area contributed by atoms with Gasteiger partial charge in [-0.25, -0.2) is 9.78 Å². The molecule has 0 aliphatic carbocycles. The van der Waals surface area contributed by atoms with Gasteiger partial charge in [0.15, 0.2) is 0 Å². The number of methoxy groups -OCH3 is 1. The molecule has 1 aliphatic heterocycles. The number of hydrogen-bond acceptors (Lipinski definition) is 6. The molecule has 2 aromatic carbocycles. The van der Waals surface area contributed by atoms with Crippen molar-refractivity contribution in [2.24, 2.45) is 0 Å². The SMILES string of the molecule is COc1cccc(Cc2nsc(N3CCN(C(=O)Nc4ccc(Cl)cc4)C(C)C3)n2)c1. The predicted octanol–water partition coefficient (Wildman–Crippen LogP) is 4.53. The molecule has 3 aromatic rings. The van der Waals surface area contributed by atoms with E-state index in [-0.39, 0.29) is 12.1 Å². The number of carbonyl (C=O) groups excluding carboxylic acids is 1. The van der Waals surface area contributed by atoms with Gasteiger partial charge in [-0.3, -0.25) is 0 Å². The van der Waals surface area contributed by atoms with Crippen LogP contribution >= 0.6 is 23.1 Å². The van der Waals surface area contributed by atoms with E-state index < -0.39 is 0 Å². The Kier molecular flexibility index (Phi) is 6.58. The molecular weight excluding hydrogens is 434 g/mol. The highest BCUT2D eigenvalue weighted by Gasteiger charge is 2.29. The molecule has 0 saturated carbocycles. The molecule has 1 unspecified atom stereocenters.